The van der Waals surface area contributed by atoms with Crippen molar-refractivity contribution in [3.05, 3.63) is 47.9 Å². The highest BCUT2D eigenvalue weighted by atomic mass is 19.4. The Hall–Kier alpha value is -2.19. The van der Waals surface area contributed by atoms with Crippen LogP contribution < -0.4 is 10.6 Å². The lowest BCUT2D eigenvalue weighted by atomic mass is 9.93. The topological polar surface area (TPSA) is 59.1 Å². The number of anilines is 2. The minimum absolute atomic E-state index is 0.1000. The van der Waals surface area contributed by atoms with Gasteiger partial charge >= 0.3 is 6.18 Å². The summed E-state index contributed by atoms with van der Waals surface area (Å²) in [6.07, 6.45) is -2.53. The Kier molecular flexibility index (Phi) is 3.47. The number of hydrogen-bond acceptors (Lipinski definition) is 5. The summed E-state index contributed by atoms with van der Waals surface area (Å²) in [5.74, 6) is -1.06. The molecule has 24 heavy (non-hydrogen) atoms. The number of hydrogen-bond donors (Lipinski definition) is 2. The van der Waals surface area contributed by atoms with Crippen molar-refractivity contribution >= 4 is 11.5 Å². The van der Waals surface area contributed by atoms with Gasteiger partial charge in [-0.2, -0.15) is 13.2 Å². The Morgan fingerprint density at radius 2 is 2.00 bits per heavy atom. The SMILES string of the molecule is FC(F)(F)c1nccc(Nc2ccc([C@]34CN[C@H](CO3)C4)cc2)n1. The van der Waals surface area contributed by atoms with Crippen LogP contribution in [0.5, 0.6) is 0 Å². The van der Waals surface area contributed by atoms with Gasteiger partial charge in [-0.1, -0.05) is 12.1 Å². The highest BCUT2D eigenvalue weighted by Gasteiger charge is 2.47. The van der Waals surface area contributed by atoms with Crippen molar-refractivity contribution in [3.63, 3.8) is 0 Å². The van der Waals surface area contributed by atoms with Crippen LogP contribution in [0, 0.1) is 0 Å². The van der Waals surface area contributed by atoms with E-state index in [1.54, 1.807) is 0 Å². The van der Waals surface area contributed by atoms with E-state index in [1.165, 1.54) is 6.07 Å². The Morgan fingerprint density at radius 1 is 1.21 bits per heavy atom. The third kappa shape index (κ3) is 2.71. The molecule has 0 unspecified atom stereocenters. The molecule has 2 aliphatic rings. The molecule has 8 heteroatoms. The summed E-state index contributed by atoms with van der Waals surface area (Å²) in [6.45, 7) is 1.49. The lowest BCUT2D eigenvalue weighted by Crippen LogP contribution is -2.37. The van der Waals surface area contributed by atoms with Gasteiger partial charge in [0.05, 0.1) is 6.61 Å². The molecule has 2 aromatic rings. The first-order valence-electron chi connectivity index (χ1n) is 7.60. The average molecular weight is 336 g/mol. The fraction of sp³-hybridized carbons (Fsp3) is 0.375. The van der Waals surface area contributed by atoms with Crippen molar-refractivity contribution in [2.24, 2.45) is 0 Å². The molecule has 2 fully saturated rings. The first-order chi connectivity index (χ1) is 11.4. The maximum absolute atomic E-state index is 12.6. The molecule has 0 saturated carbocycles. The number of fused-ring (bicyclic) bond motifs is 2. The van der Waals surface area contributed by atoms with E-state index in [9.17, 15) is 13.2 Å². The first kappa shape index (κ1) is 15.3. The number of alkyl halides is 3. The van der Waals surface area contributed by atoms with Gasteiger partial charge in [0.25, 0.3) is 0 Å². The monoisotopic (exact) mass is 336 g/mol. The van der Waals surface area contributed by atoms with E-state index < -0.39 is 12.0 Å². The van der Waals surface area contributed by atoms with Gasteiger partial charge in [0.15, 0.2) is 0 Å². The van der Waals surface area contributed by atoms with E-state index >= 15 is 0 Å². The zero-order chi connectivity index (χ0) is 16.8. The number of ether oxygens (including phenoxy) is 1. The van der Waals surface area contributed by atoms with Crippen LogP contribution in [0.3, 0.4) is 0 Å². The van der Waals surface area contributed by atoms with Crippen LogP contribution in [0.2, 0.25) is 0 Å². The first-order valence-corrected chi connectivity index (χ1v) is 7.60. The van der Waals surface area contributed by atoms with Crippen molar-refractivity contribution in [2.45, 2.75) is 24.2 Å². The van der Waals surface area contributed by atoms with Crippen LogP contribution in [0.4, 0.5) is 24.7 Å². The lowest BCUT2D eigenvalue weighted by Gasteiger charge is -2.27. The van der Waals surface area contributed by atoms with E-state index in [0.717, 1.165) is 24.7 Å². The number of morpholine rings is 1. The predicted octanol–water partition coefficient (Wildman–Crippen LogP) is 2.83. The van der Waals surface area contributed by atoms with Crippen molar-refractivity contribution in [1.29, 1.82) is 0 Å². The summed E-state index contributed by atoms with van der Waals surface area (Å²) in [6, 6.07) is 9.30. The number of benzene rings is 1. The summed E-state index contributed by atoms with van der Waals surface area (Å²) >= 11 is 0. The lowest BCUT2D eigenvalue weighted by molar-refractivity contribution is -0.144. The van der Waals surface area contributed by atoms with Crippen molar-refractivity contribution < 1.29 is 17.9 Å². The van der Waals surface area contributed by atoms with Crippen LogP contribution >= 0.6 is 0 Å². The molecular weight excluding hydrogens is 321 g/mol. The maximum atomic E-state index is 12.6. The molecule has 2 aliphatic heterocycles. The number of halogens is 3. The van der Waals surface area contributed by atoms with Crippen molar-refractivity contribution in [2.75, 3.05) is 18.5 Å². The van der Waals surface area contributed by atoms with Gasteiger partial charge in [0, 0.05) is 24.5 Å². The quantitative estimate of drug-likeness (QED) is 0.903. The number of nitrogens with zero attached hydrogens (tertiary/aromatic N) is 2. The molecule has 0 spiro atoms. The van der Waals surface area contributed by atoms with Gasteiger partial charge in [-0.25, -0.2) is 9.97 Å². The highest BCUT2D eigenvalue weighted by molar-refractivity contribution is 5.56. The van der Waals surface area contributed by atoms with Crippen molar-refractivity contribution in [3.8, 4) is 0 Å². The molecule has 0 radical (unpaired) electrons. The molecule has 126 valence electrons. The smallest absolute Gasteiger partial charge is 0.367 e. The third-order valence-electron chi connectivity index (χ3n) is 4.41. The van der Waals surface area contributed by atoms with E-state index in [2.05, 4.69) is 20.6 Å². The highest BCUT2D eigenvalue weighted by Crippen LogP contribution is 2.40. The molecule has 2 saturated heterocycles. The fourth-order valence-electron chi connectivity index (χ4n) is 3.21. The molecule has 5 nitrogen and oxygen atoms in total. The van der Waals surface area contributed by atoms with Gasteiger partial charge < -0.3 is 15.4 Å². The summed E-state index contributed by atoms with van der Waals surface area (Å²) in [5.41, 5.74) is 1.45. The van der Waals surface area contributed by atoms with Gasteiger partial charge in [-0.3, -0.25) is 0 Å². The number of nitrogens with one attached hydrogen (secondary N) is 2. The molecule has 2 N–H and O–H groups in total. The van der Waals surface area contributed by atoms with Gasteiger partial charge in [-0.15, -0.1) is 0 Å². The van der Waals surface area contributed by atoms with Crippen LogP contribution in [-0.4, -0.2) is 29.2 Å². The van der Waals surface area contributed by atoms with Crippen LogP contribution in [0.15, 0.2) is 36.5 Å². The summed E-state index contributed by atoms with van der Waals surface area (Å²) < 4.78 is 43.8. The summed E-state index contributed by atoms with van der Waals surface area (Å²) in [7, 11) is 0. The molecule has 2 bridgehead atoms. The van der Waals surface area contributed by atoms with Crippen molar-refractivity contribution in [1.82, 2.24) is 15.3 Å². The van der Waals surface area contributed by atoms with E-state index in [4.69, 9.17) is 4.74 Å². The maximum Gasteiger partial charge on any atom is 0.451 e. The Labute approximate surface area is 136 Å². The molecule has 0 aliphatic carbocycles. The number of aromatic nitrogens is 2. The molecule has 1 aromatic carbocycles. The van der Waals surface area contributed by atoms with Crippen LogP contribution in [0.25, 0.3) is 0 Å². The normalized spacial score (nSPS) is 25.9. The molecular formula is C16H15F3N4O. The number of rotatable bonds is 3. The fourth-order valence-corrected chi connectivity index (χ4v) is 3.21. The average Bonchev–Trinajstić information content (AvgIpc) is 3.17. The second-order valence-electron chi connectivity index (χ2n) is 6.05. The second kappa shape index (κ2) is 5.42. The largest absolute Gasteiger partial charge is 0.451 e. The Morgan fingerprint density at radius 3 is 2.58 bits per heavy atom. The molecule has 0 amide bonds. The van der Waals surface area contributed by atoms with E-state index in [0.29, 0.717) is 18.3 Å². The van der Waals surface area contributed by atoms with Crippen LogP contribution in [0.1, 0.15) is 17.8 Å². The Balaban J connectivity index is 1.52. The second-order valence-corrected chi connectivity index (χ2v) is 6.05. The summed E-state index contributed by atoms with van der Waals surface area (Å²) in [5, 5.41) is 6.27. The summed E-state index contributed by atoms with van der Waals surface area (Å²) in [4.78, 5) is 6.74. The van der Waals surface area contributed by atoms with Crippen LogP contribution in [-0.2, 0) is 16.5 Å². The van der Waals surface area contributed by atoms with Gasteiger partial charge in [0.2, 0.25) is 5.82 Å². The zero-order valence-electron chi connectivity index (χ0n) is 12.6. The van der Waals surface area contributed by atoms with E-state index in [-0.39, 0.29) is 11.4 Å². The van der Waals surface area contributed by atoms with Gasteiger partial charge in [0.1, 0.15) is 11.4 Å². The molecule has 4 rings (SSSR count). The minimum atomic E-state index is -4.56. The van der Waals surface area contributed by atoms with Gasteiger partial charge in [-0.05, 0) is 30.2 Å². The molecule has 1 aromatic heterocycles. The standard InChI is InChI=1S/C16H15F3N4O/c17-16(18,19)14-20-6-5-13(23-14)22-11-3-1-10(2-4-11)15-7-12(8-24-15)21-9-15/h1-6,12,21H,7-9H2,(H,20,22,23)/t12-,15-/m0/s1. The minimum Gasteiger partial charge on any atom is -0.367 e. The predicted molar refractivity (Wildman–Crippen MR) is 80.8 cm³/mol. The molecule has 2 atom stereocenters. The zero-order valence-corrected chi connectivity index (χ0v) is 12.6. The Bertz CT molecular complexity index is 740. The van der Waals surface area contributed by atoms with E-state index in [1.807, 2.05) is 24.3 Å². The molecule has 3 heterocycles. The third-order valence-corrected chi connectivity index (χ3v) is 4.41.